The summed E-state index contributed by atoms with van der Waals surface area (Å²) in [6, 6.07) is 14.2. The Balaban J connectivity index is 1.56. The zero-order valence-electron chi connectivity index (χ0n) is 14.9. The summed E-state index contributed by atoms with van der Waals surface area (Å²) in [5, 5.41) is 3.81. The summed E-state index contributed by atoms with van der Waals surface area (Å²) in [5.74, 6) is -0.107. The number of nitrogens with zero attached hydrogens (tertiary/aromatic N) is 1. The van der Waals surface area contributed by atoms with Gasteiger partial charge in [-0.25, -0.2) is 0 Å². The monoisotopic (exact) mass is 369 g/mol. The Morgan fingerprint density at radius 3 is 2.41 bits per heavy atom. The highest BCUT2D eigenvalue weighted by Crippen LogP contribution is 2.28. The van der Waals surface area contributed by atoms with Crippen LogP contribution in [-0.2, 0) is 9.63 Å². The third-order valence-corrected chi connectivity index (χ3v) is 4.04. The second-order valence-electron chi connectivity index (χ2n) is 5.72. The first-order chi connectivity index (χ1) is 13.1. The molecular weight excluding hydrogens is 350 g/mol. The van der Waals surface area contributed by atoms with Gasteiger partial charge in [0.25, 0.3) is 11.8 Å². The number of rotatable bonds is 5. The normalized spacial score (nSPS) is 15.3. The van der Waals surface area contributed by atoms with Crippen molar-refractivity contribution >= 4 is 17.5 Å². The molecule has 8 heteroatoms. The predicted molar refractivity (Wildman–Crippen MR) is 97.5 cm³/mol. The van der Waals surface area contributed by atoms with Gasteiger partial charge in [0, 0.05) is 12.0 Å². The summed E-state index contributed by atoms with van der Waals surface area (Å²) in [6.45, 7) is 0. The molecule has 27 heavy (non-hydrogen) atoms. The number of hydrazine groups is 1. The van der Waals surface area contributed by atoms with Gasteiger partial charge < -0.3 is 14.3 Å². The first kappa shape index (κ1) is 18.2. The van der Waals surface area contributed by atoms with Crippen LogP contribution in [0.1, 0.15) is 28.4 Å². The van der Waals surface area contributed by atoms with Crippen molar-refractivity contribution in [2.75, 3.05) is 14.2 Å². The van der Waals surface area contributed by atoms with E-state index < -0.39 is 11.8 Å². The van der Waals surface area contributed by atoms with Gasteiger partial charge in [-0.1, -0.05) is 35.5 Å². The highest BCUT2D eigenvalue weighted by molar-refractivity contribution is 6.39. The maximum atomic E-state index is 12.2. The van der Waals surface area contributed by atoms with Crippen molar-refractivity contribution in [3.8, 4) is 11.5 Å². The highest BCUT2D eigenvalue weighted by atomic mass is 16.6. The zero-order chi connectivity index (χ0) is 19.2. The molecule has 0 spiro atoms. The van der Waals surface area contributed by atoms with Gasteiger partial charge in [-0.2, -0.15) is 0 Å². The molecule has 0 aliphatic carbocycles. The lowest BCUT2D eigenvalue weighted by Gasteiger charge is -2.10. The van der Waals surface area contributed by atoms with E-state index in [1.165, 1.54) is 20.3 Å². The fraction of sp³-hybridized carbons (Fsp3) is 0.211. The van der Waals surface area contributed by atoms with Crippen LogP contribution in [0.5, 0.6) is 11.5 Å². The lowest BCUT2D eigenvalue weighted by atomic mass is 10.0. The molecule has 0 saturated carbocycles. The molecule has 1 heterocycles. The Kier molecular flexibility index (Phi) is 5.55. The number of amides is 2. The van der Waals surface area contributed by atoms with E-state index in [-0.39, 0.29) is 11.8 Å². The number of methoxy groups -OCH3 is 2. The SMILES string of the molecule is COc1ccc(C(=O)NNC(=O)C2=NOC(c3ccccc3)C2)cc1OC. The molecule has 1 aliphatic rings. The van der Waals surface area contributed by atoms with Crippen LogP contribution in [0.4, 0.5) is 0 Å². The maximum Gasteiger partial charge on any atom is 0.287 e. The molecule has 3 rings (SSSR count). The van der Waals surface area contributed by atoms with E-state index in [4.69, 9.17) is 14.3 Å². The van der Waals surface area contributed by atoms with Crippen LogP contribution in [0.3, 0.4) is 0 Å². The van der Waals surface area contributed by atoms with Gasteiger partial charge in [0.05, 0.1) is 14.2 Å². The van der Waals surface area contributed by atoms with Crippen LogP contribution in [0.15, 0.2) is 53.7 Å². The van der Waals surface area contributed by atoms with Crippen LogP contribution >= 0.6 is 0 Å². The number of benzene rings is 2. The molecule has 2 amide bonds. The molecule has 0 aromatic heterocycles. The third kappa shape index (κ3) is 4.17. The van der Waals surface area contributed by atoms with E-state index >= 15 is 0 Å². The molecule has 140 valence electrons. The van der Waals surface area contributed by atoms with Gasteiger partial charge in [-0.05, 0) is 23.8 Å². The first-order valence-corrected chi connectivity index (χ1v) is 8.22. The Bertz CT molecular complexity index is 867. The Labute approximate surface area is 156 Å². The number of carbonyl (C=O) groups is 2. The Hall–Kier alpha value is -3.55. The number of ether oxygens (including phenoxy) is 2. The van der Waals surface area contributed by atoms with Crippen LogP contribution < -0.4 is 20.3 Å². The third-order valence-electron chi connectivity index (χ3n) is 4.04. The molecule has 8 nitrogen and oxygen atoms in total. The van der Waals surface area contributed by atoms with Crippen molar-refractivity contribution in [1.82, 2.24) is 10.9 Å². The smallest absolute Gasteiger partial charge is 0.287 e. The van der Waals surface area contributed by atoms with Crippen molar-refractivity contribution in [3.63, 3.8) is 0 Å². The largest absolute Gasteiger partial charge is 0.493 e. The first-order valence-electron chi connectivity index (χ1n) is 8.22. The van der Waals surface area contributed by atoms with Gasteiger partial charge in [0.2, 0.25) is 0 Å². The molecule has 0 radical (unpaired) electrons. The number of carbonyl (C=O) groups excluding carboxylic acids is 2. The minimum atomic E-state index is -0.526. The number of hydrogen-bond donors (Lipinski definition) is 2. The van der Waals surface area contributed by atoms with Gasteiger partial charge >= 0.3 is 0 Å². The predicted octanol–water partition coefficient (Wildman–Crippen LogP) is 1.98. The van der Waals surface area contributed by atoms with Crippen molar-refractivity contribution in [2.24, 2.45) is 5.16 Å². The number of hydrogen-bond acceptors (Lipinski definition) is 6. The summed E-state index contributed by atoms with van der Waals surface area (Å²) >= 11 is 0. The van der Waals surface area contributed by atoms with Crippen molar-refractivity contribution in [3.05, 3.63) is 59.7 Å². The zero-order valence-corrected chi connectivity index (χ0v) is 14.9. The van der Waals surface area contributed by atoms with E-state index in [1.54, 1.807) is 12.1 Å². The minimum Gasteiger partial charge on any atom is -0.493 e. The molecule has 2 N–H and O–H groups in total. The van der Waals surface area contributed by atoms with Gasteiger partial charge in [0.1, 0.15) is 0 Å². The van der Waals surface area contributed by atoms with Crippen molar-refractivity contribution in [1.29, 1.82) is 0 Å². The van der Waals surface area contributed by atoms with E-state index in [0.717, 1.165) is 5.56 Å². The highest BCUT2D eigenvalue weighted by Gasteiger charge is 2.27. The lowest BCUT2D eigenvalue weighted by molar-refractivity contribution is -0.115. The average molecular weight is 369 g/mol. The average Bonchev–Trinajstić information content (AvgIpc) is 3.22. The summed E-state index contributed by atoms with van der Waals surface area (Å²) in [7, 11) is 2.98. The molecule has 0 fully saturated rings. The van der Waals surface area contributed by atoms with Crippen LogP contribution in [-0.4, -0.2) is 31.7 Å². The molecule has 2 aromatic rings. The van der Waals surface area contributed by atoms with Gasteiger partial charge in [-0.3, -0.25) is 20.4 Å². The fourth-order valence-corrected chi connectivity index (χ4v) is 2.59. The number of nitrogens with one attached hydrogen (secondary N) is 2. The summed E-state index contributed by atoms with van der Waals surface area (Å²) in [4.78, 5) is 29.7. The second kappa shape index (κ2) is 8.22. The second-order valence-corrected chi connectivity index (χ2v) is 5.72. The van der Waals surface area contributed by atoms with E-state index in [2.05, 4.69) is 16.0 Å². The lowest BCUT2D eigenvalue weighted by Crippen LogP contribution is -2.44. The van der Waals surface area contributed by atoms with Crippen LogP contribution in [0.25, 0.3) is 0 Å². The summed E-state index contributed by atoms with van der Waals surface area (Å²) < 4.78 is 10.3. The fourth-order valence-electron chi connectivity index (χ4n) is 2.59. The van der Waals surface area contributed by atoms with Gasteiger partial charge in [-0.15, -0.1) is 0 Å². The summed E-state index contributed by atoms with van der Waals surface area (Å²) in [6.07, 6.45) is 0.00993. The van der Waals surface area contributed by atoms with Crippen LogP contribution in [0, 0.1) is 0 Å². The van der Waals surface area contributed by atoms with Crippen molar-refractivity contribution in [2.45, 2.75) is 12.5 Å². The van der Waals surface area contributed by atoms with Gasteiger partial charge in [0.15, 0.2) is 23.3 Å². The van der Waals surface area contributed by atoms with Crippen LogP contribution in [0.2, 0.25) is 0 Å². The standard InChI is InChI=1S/C19H19N3O5/c1-25-15-9-8-13(10-17(15)26-2)18(23)20-21-19(24)14-11-16(27-22-14)12-6-4-3-5-7-12/h3-10,16H,11H2,1-2H3,(H,20,23)(H,21,24). The molecule has 0 saturated heterocycles. The van der Waals surface area contributed by atoms with E-state index in [1.807, 2.05) is 30.3 Å². The van der Waals surface area contributed by atoms with Crippen molar-refractivity contribution < 1.29 is 23.9 Å². The maximum absolute atomic E-state index is 12.2. The molecular formula is C19H19N3O5. The Morgan fingerprint density at radius 2 is 1.70 bits per heavy atom. The molecule has 2 aromatic carbocycles. The molecule has 0 bridgehead atoms. The summed E-state index contributed by atoms with van der Waals surface area (Å²) in [5.41, 5.74) is 6.13. The quantitative estimate of drug-likeness (QED) is 0.786. The van der Waals surface area contributed by atoms with E-state index in [0.29, 0.717) is 23.5 Å². The molecule has 1 atom stereocenters. The number of oxime groups is 1. The minimum absolute atomic E-state index is 0.205. The Morgan fingerprint density at radius 1 is 1.00 bits per heavy atom. The molecule has 1 unspecified atom stereocenters. The molecule has 1 aliphatic heterocycles. The van der Waals surface area contributed by atoms with E-state index in [9.17, 15) is 9.59 Å². The topological polar surface area (TPSA) is 98.3 Å².